The molecule has 0 spiro atoms. The van der Waals surface area contributed by atoms with E-state index in [2.05, 4.69) is 75.0 Å². The van der Waals surface area contributed by atoms with Gasteiger partial charge in [0.1, 0.15) is 0 Å². The third-order valence-electron chi connectivity index (χ3n) is 9.76. The molecule has 1 N–H and O–H groups in total. The van der Waals surface area contributed by atoms with Gasteiger partial charge in [-0.1, -0.05) is 169 Å². The first-order chi connectivity index (χ1) is 19.4. The molecule has 1 nitrogen and oxygen atoms in total. The Morgan fingerprint density at radius 3 is 1.24 bits per heavy atom. The minimum absolute atomic E-state index is 0.230. The van der Waals surface area contributed by atoms with Crippen LogP contribution in [-0.4, -0.2) is 11.7 Å². The third-order valence-corrected chi connectivity index (χ3v) is 9.76. The van der Waals surface area contributed by atoms with Crippen LogP contribution >= 0.6 is 0 Å². The number of hydrogen-bond donors (Lipinski definition) is 1. The topological polar surface area (TPSA) is 20.2 Å². The largest absolute Gasteiger partial charge is 0.396 e. The molecule has 0 heterocycles. The zero-order chi connectivity index (χ0) is 31.0. The van der Waals surface area contributed by atoms with Crippen LogP contribution in [0.5, 0.6) is 0 Å². The second kappa shape index (κ2) is 25.9. The van der Waals surface area contributed by atoms with E-state index in [0.717, 1.165) is 48.3 Å². The summed E-state index contributed by atoms with van der Waals surface area (Å²) in [5.74, 6) is 5.36. The van der Waals surface area contributed by atoms with Crippen molar-refractivity contribution in [3.63, 3.8) is 0 Å². The molecule has 0 unspecified atom stereocenters. The number of aliphatic hydroxyl groups is 1. The highest BCUT2D eigenvalue weighted by Gasteiger charge is 2.12. The Hall–Kier alpha value is -0.560. The van der Waals surface area contributed by atoms with Gasteiger partial charge in [0.05, 0.1) is 0 Å². The van der Waals surface area contributed by atoms with Crippen molar-refractivity contribution in [2.75, 3.05) is 6.61 Å². The molecule has 0 aliphatic heterocycles. The summed E-state index contributed by atoms with van der Waals surface area (Å²) in [6.07, 6.45) is 27.5. The second-order valence-electron chi connectivity index (χ2n) is 15.5. The SMILES string of the molecule is C=C(CCC[C@H](C)CCC[C@H](C)CCCC(C)C)[C@H](CO)C/C=C(\C)CCC[C@H](C)CCC[C@H](C)CCCC(C)C. The lowest BCUT2D eigenvalue weighted by Crippen LogP contribution is -2.09. The van der Waals surface area contributed by atoms with Gasteiger partial charge in [0, 0.05) is 12.5 Å². The van der Waals surface area contributed by atoms with E-state index in [0.29, 0.717) is 0 Å². The van der Waals surface area contributed by atoms with Gasteiger partial charge >= 0.3 is 0 Å². The Kier molecular flexibility index (Phi) is 25.5. The minimum Gasteiger partial charge on any atom is -0.396 e. The molecule has 0 aromatic carbocycles. The molecule has 0 rings (SSSR count). The van der Waals surface area contributed by atoms with Gasteiger partial charge in [0.15, 0.2) is 0 Å². The van der Waals surface area contributed by atoms with Crippen LogP contribution in [0.2, 0.25) is 0 Å². The first-order valence-corrected chi connectivity index (χ1v) is 18.4. The molecule has 0 aliphatic carbocycles. The van der Waals surface area contributed by atoms with Crippen LogP contribution in [0.25, 0.3) is 0 Å². The lowest BCUT2D eigenvalue weighted by molar-refractivity contribution is 0.244. The Morgan fingerprint density at radius 2 is 0.878 bits per heavy atom. The molecule has 0 aromatic heterocycles. The second-order valence-corrected chi connectivity index (χ2v) is 15.5. The minimum atomic E-state index is 0.230. The smallest absolute Gasteiger partial charge is 0.0499 e. The number of allylic oxidation sites excluding steroid dienone is 2. The third kappa shape index (κ3) is 25.6. The van der Waals surface area contributed by atoms with Crippen LogP contribution in [0.15, 0.2) is 23.8 Å². The van der Waals surface area contributed by atoms with Crippen LogP contribution in [-0.2, 0) is 0 Å². The molecule has 244 valence electrons. The van der Waals surface area contributed by atoms with Gasteiger partial charge in [0.2, 0.25) is 0 Å². The first-order valence-electron chi connectivity index (χ1n) is 18.4. The van der Waals surface area contributed by atoms with Crippen molar-refractivity contribution in [2.45, 2.75) is 184 Å². The van der Waals surface area contributed by atoms with Crippen molar-refractivity contribution in [1.29, 1.82) is 0 Å². The highest BCUT2D eigenvalue weighted by Crippen LogP contribution is 2.26. The van der Waals surface area contributed by atoms with Crippen LogP contribution in [0.3, 0.4) is 0 Å². The molecule has 41 heavy (non-hydrogen) atoms. The van der Waals surface area contributed by atoms with Crippen molar-refractivity contribution in [1.82, 2.24) is 0 Å². The molecule has 0 aromatic rings. The average Bonchev–Trinajstić information content (AvgIpc) is 2.88. The normalized spacial score (nSPS) is 16.2. The van der Waals surface area contributed by atoms with Crippen LogP contribution in [0, 0.1) is 41.4 Å². The zero-order valence-corrected chi connectivity index (χ0v) is 29.9. The quantitative estimate of drug-likeness (QED) is 0.0921. The molecule has 0 saturated carbocycles. The summed E-state index contributed by atoms with van der Waals surface area (Å²) < 4.78 is 0. The van der Waals surface area contributed by atoms with E-state index in [1.807, 2.05) is 0 Å². The van der Waals surface area contributed by atoms with Gasteiger partial charge in [-0.05, 0) is 74.5 Å². The molecule has 0 aliphatic rings. The Balaban J connectivity index is 4.04. The fourth-order valence-electron chi connectivity index (χ4n) is 6.38. The van der Waals surface area contributed by atoms with Crippen LogP contribution < -0.4 is 0 Å². The van der Waals surface area contributed by atoms with Crippen molar-refractivity contribution < 1.29 is 5.11 Å². The van der Waals surface area contributed by atoms with Gasteiger partial charge in [-0.2, -0.15) is 0 Å². The molecule has 0 saturated heterocycles. The van der Waals surface area contributed by atoms with E-state index in [-0.39, 0.29) is 12.5 Å². The highest BCUT2D eigenvalue weighted by atomic mass is 16.3. The maximum absolute atomic E-state index is 10.0. The molecule has 1 heteroatoms. The monoisotopic (exact) mass is 575 g/mol. The lowest BCUT2D eigenvalue weighted by atomic mass is 9.89. The zero-order valence-electron chi connectivity index (χ0n) is 29.9. The first kappa shape index (κ1) is 40.4. The van der Waals surface area contributed by atoms with Gasteiger partial charge in [-0.25, -0.2) is 0 Å². The Labute approximate surface area is 260 Å². The molecule has 0 radical (unpaired) electrons. The van der Waals surface area contributed by atoms with Gasteiger partial charge < -0.3 is 5.11 Å². The van der Waals surface area contributed by atoms with Gasteiger partial charge in [-0.3, -0.25) is 0 Å². The van der Waals surface area contributed by atoms with E-state index in [1.54, 1.807) is 0 Å². The van der Waals surface area contributed by atoms with Crippen molar-refractivity contribution in [3.8, 4) is 0 Å². The molecule has 0 bridgehead atoms. The predicted octanol–water partition coefficient (Wildman–Crippen LogP) is 13.4. The maximum Gasteiger partial charge on any atom is 0.0499 e. The van der Waals surface area contributed by atoms with Gasteiger partial charge in [-0.15, -0.1) is 0 Å². The summed E-state index contributed by atoms with van der Waals surface area (Å²) in [7, 11) is 0. The average molecular weight is 575 g/mol. The van der Waals surface area contributed by atoms with Gasteiger partial charge in [0.25, 0.3) is 0 Å². The number of hydrogen-bond acceptors (Lipinski definition) is 1. The summed E-state index contributed by atoms with van der Waals surface area (Å²) in [5.41, 5.74) is 2.75. The Morgan fingerprint density at radius 1 is 0.537 bits per heavy atom. The van der Waals surface area contributed by atoms with E-state index >= 15 is 0 Å². The van der Waals surface area contributed by atoms with E-state index in [1.165, 1.54) is 120 Å². The fourth-order valence-corrected chi connectivity index (χ4v) is 6.38. The summed E-state index contributed by atoms with van der Waals surface area (Å²) in [6, 6.07) is 0. The summed E-state index contributed by atoms with van der Waals surface area (Å²) in [6.45, 7) is 26.0. The lowest BCUT2D eigenvalue weighted by Gasteiger charge is -2.18. The maximum atomic E-state index is 10.0. The van der Waals surface area contributed by atoms with E-state index in [9.17, 15) is 5.11 Å². The highest BCUT2D eigenvalue weighted by molar-refractivity contribution is 5.06. The molecule has 0 fully saturated rings. The standard InChI is InChI=1S/C40H78O/c1-32(2)17-11-19-34(5)21-13-23-36(7)25-15-26-38(9)29-30-40(31-41)39(10)28-16-27-37(8)24-14-22-35(6)20-12-18-33(3)4/h29,32-37,40-41H,10-28,30-31H2,1-9H3/b38-29+/t34-,35-,36-,37-,40+/m1/s1. The molecular formula is C40H78O. The van der Waals surface area contributed by atoms with E-state index in [4.69, 9.17) is 0 Å². The number of rotatable bonds is 28. The number of aliphatic hydroxyl groups excluding tert-OH is 1. The van der Waals surface area contributed by atoms with Crippen LogP contribution in [0.1, 0.15) is 184 Å². The fraction of sp³-hybridized carbons (Fsp3) is 0.900. The van der Waals surface area contributed by atoms with Crippen molar-refractivity contribution >= 4 is 0 Å². The predicted molar refractivity (Wildman–Crippen MR) is 188 cm³/mol. The molecular weight excluding hydrogens is 496 g/mol. The van der Waals surface area contributed by atoms with Crippen molar-refractivity contribution in [3.05, 3.63) is 23.8 Å². The summed E-state index contributed by atoms with van der Waals surface area (Å²) in [4.78, 5) is 0. The van der Waals surface area contributed by atoms with Crippen molar-refractivity contribution in [2.24, 2.45) is 41.4 Å². The summed E-state index contributed by atoms with van der Waals surface area (Å²) in [5, 5.41) is 10.0. The molecule has 0 amide bonds. The Bertz CT molecular complexity index is 629. The van der Waals surface area contributed by atoms with E-state index < -0.39 is 0 Å². The molecule has 5 atom stereocenters. The van der Waals surface area contributed by atoms with Crippen LogP contribution in [0.4, 0.5) is 0 Å². The summed E-state index contributed by atoms with van der Waals surface area (Å²) >= 11 is 0.